The number of aryl methyl sites for hydroxylation is 1. The van der Waals surface area contributed by atoms with Crippen molar-refractivity contribution < 1.29 is 4.79 Å². The molecule has 2 heterocycles. The number of rotatable bonds is 8. The summed E-state index contributed by atoms with van der Waals surface area (Å²) >= 11 is 1.39. The molecular formula is C25H28N4OS. The lowest BCUT2D eigenvalue weighted by molar-refractivity contribution is -0.119. The Balaban J connectivity index is 1.26. The first-order valence-electron chi connectivity index (χ1n) is 10.8. The molecular weight excluding hydrogens is 404 g/mol. The summed E-state index contributed by atoms with van der Waals surface area (Å²) in [4.78, 5) is 23.7. The first-order chi connectivity index (χ1) is 15.2. The number of anilines is 1. The van der Waals surface area contributed by atoms with Gasteiger partial charge in [-0.2, -0.15) is 0 Å². The van der Waals surface area contributed by atoms with E-state index in [0.29, 0.717) is 10.9 Å². The normalized spacial score (nSPS) is 14.0. The Labute approximate surface area is 188 Å². The molecule has 0 bridgehead atoms. The second-order valence-corrected chi connectivity index (χ2v) is 8.86. The third kappa shape index (κ3) is 6.07. The quantitative estimate of drug-likeness (QED) is 0.426. The molecule has 1 N–H and O–H groups in total. The first kappa shape index (κ1) is 21.4. The summed E-state index contributed by atoms with van der Waals surface area (Å²) < 4.78 is 0. The van der Waals surface area contributed by atoms with Crippen LogP contribution in [0.15, 0.2) is 72.0 Å². The summed E-state index contributed by atoms with van der Waals surface area (Å²) in [5.41, 5.74) is 4.06. The summed E-state index contributed by atoms with van der Waals surface area (Å²) in [5.74, 6) is 1.26. The van der Waals surface area contributed by atoms with Gasteiger partial charge >= 0.3 is 0 Å². The van der Waals surface area contributed by atoms with Crippen molar-refractivity contribution in [3.63, 3.8) is 0 Å². The topological polar surface area (TPSA) is 58.1 Å². The molecule has 0 spiro atoms. The van der Waals surface area contributed by atoms with Crippen LogP contribution in [-0.2, 0) is 24.2 Å². The molecule has 1 amide bonds. The van der Waals surface area contributed by atoms with E-state index in [1.807, 2.05) is 24.3 Å². The zero-order valence-electron chi connectivity index (χ0n) is 17.8. The van der Waals surface area contributed by atoms with Gasteiger partial charge in [-0.05, 0) is 48.9 Å². The van der Waals surface area contributed by atoms with Crippen LogP contribution in [0, 0.1) is 0 Å². The summed E-state index contributed by atoms with van der Waals surface area (Å²) in [5, 5.41) is 3.73. The molecule has 4 rings (SSSR count). The number of carbonyl (C=O) groups excluding carboxylic acids is 1. The summed E-state index contributed by atoms with van der Waals surface area (Å²) in [6, 6.07) is 21.0. The lowest BCUT2D eigenvalue weighted by Crippen LogP contribution is -2.34. The summed E-state index contributed by atoms with van der Waals surface area (Å²) in [6.45, 7) is 3.85. The lowest BCUT2D eigenvalue weighted by Gasteiger charge is -2.29. The highest BCUT2D eigenvalue weighted by atomic mass is 32.2. The van der Waals surface area contributed by atoms with Gasteiger partial charge in [0.2, 0.25) is 5.91 Å². The number of hydrogen-bond donors (Lipinski definition) is 1. The average molecular weight is 433 g/mol. The second-order valence-electron chi connectivity index (χ2n) is 7.92. The molecule has 0 saturated carbocycles. The van der Waals surface area contributed by atoms with Crippen molar-refractivity contribution in [2.75, 3.05) is 17.2 Å². The highest BCUT2D eigenvalue weighted by molar-refractivity contribution is 7.99. The zero-order valence-corrected chi connectivity index (χ0v) is 18.6. The maximum atomic E-state index is 12.4. The predicted molar refractivity (Wildman–Crippen MR) is 126 cm³/mol. The van der Waals surface area contributed by atoms with Crippen molar-refractivity contribution >= 4 is 23.5 Å². The maximum absolute atomic E-state index is 12.4. The molecule has 0 radical (unpaired) electrons. The molecule has 1 atom stereocenters. The van der Waals surface area contributed by atoms with Gasteiger partial charge in [-0.25, -0.2) is 9.97 Å². The smallest absolute Gasteiger partial charge is 0.230 e. The van der Waals surface area contributed by atoms with Crippen LogP contribution in [0.5, 0.6) is 0 Å². The fourth-order valence-electron chi connectivity index (χ4n) is 3.82. The number of fused-ring (bicyclic) bond motifs is 1. The molecule has 0 fully saturated rings. The third-order valence-corrected chi connectivity index (χ3v) is 6.38. The fourth-order valence-corrected chi connectivity index (χ4v) is 4.45. The lowest BCUT2D eigenvalue weighted by atomic mass is 10.00. The zero-order chi connectivity index (χ0) is 21.5. The molecule has 5 nitrogen and oxygen atoms in total. The monoisotopic (exact) mass is 432 g/mol. The van der Waals surface area contributed by atoms with E-state index in [0.717, 1.165) is 38.2 Å². The van der Waals surface area contributed by atoms with Crippen LogP contribution >= 0.6 is 11.8 Å². The van der Waals surface area contributed by atoms with Crippen LogP contribution in [-0.4, -0.2) is 34.2 Å². The molecule has 1 aliphatic rings. The van der Waals surface area contributed by atoms with Gasteiger partial charge in [0.05, 0.1) is 5.75 Å². The van der Waals surface area contributed by atoms with Crippen molar-refractivity contribution in [3.8, 4) is 0 Å². The third-order valence-electron chi connectivity index (χ3n) is 5.52. The number of amides is 1. The highest BCUT2D eigenvalue weighted by Gasteiger charge is 2.18. The van der Waals surface area contributed by atoms with Crippen molar-refractivity contribution in [1.29, 1.82) is 0 Å². The number of aromatic nitrogens is 2. The van der Waals surface area contributed by atoms with Crippen molar-refractivity contribution in [1.82, 2.24) is 15.3 Å². The molecule has 0 saturated heterocycles. The number of benzene rings is 2. The van der Waals surface area contributed by atoms with Crippen LogP contribution in [0.1, 0.15) is 30.0 Å². The molecule has 1 aromatic heterocycles. The fraction of sp³-hybridized carbons (Fsp3) is 0.320. The highest BCUT2D eigenvalue weighted by Crippen LogP contribution is 2.24. The molecule has 31 heavy (non-hydrogen) atoms. The first-order valence-corrected chi connectivity index (χ1v) is 11.8. The number of carbonyl (C=O) groups is 1. The average Bonchev–Trinajstić information content (AvgIpc) is 2.82. The van der Waals surface area contributed by atoms with Gasteiger partial charge < -0.3 is 10.2 Å². The Morgan fingerprint density at radius 3 is 2.71 bits per heavy atom. The van der Waals surface area contributed by atoms with Gasteiger partial charge in [0.15, 0.2) is 5.16 Å². The van der Waals surface area contributed by atoms with E-state index in [9.17, 15) is 4.79 Å². The Kier molecular flexibility index (Phi) is 7.20. The van der Waals surface area contributed by atoms with Gasteiger partial charge in [0.1, 0.15) is 5.82 Å². The van der Waals surface area contributed by atoms with Gasteiger partial charge in [-0.1, -0.05) is 66.4 Å². The van der Waals surface area contributed by atoms with Gasteiger partial charge in [0, 0.05) is 25.3 Å². The Bertz CT molecular complexity index is 1010. The molecule has 6 heteroatoms. The van der Waals surface area contributed by atoms with E-state index < -0.39 is 0 Å². The van der Waals surface area contributed by atoms with E-state index in [1.54, 1.807) is 6.20 Å². The number of nitrogens with one attached hydrogen (secondary N) is 1. The molecule has 1 aliphatic heterocycles. The number of hydrogen-bond acceptors (Lipinski definition) is 5. The molecule has 3 aromatic rings. The van der Waals surface area contributed by atoms with Crippen LogP contribution in [0.4, 0.5) is 5.82 Å². The summed E-state index contributed by atoms with van der Waals surface area (Å²) in [7, 11) is 0. The molecule has 0 aliphatic carbocycles. The van der Waals surface area contributed by atoms with E-state index in [4.69, 9.17) is 4.98 Å². The standard InChI is InChI=1S/C25H28N4OS/c1-19(11-12-20-7-3-2-4-8-20)27-24(30)18-31-25-26-15-13-23(28-25)29-16-14-21-9-5-6-10-22(21)17-29/h2-10,13,15,19H,11-12,14,16-18H2,1H3,(H,27,30)/t19-/m1/s1. The molecule has 0 unspecified atom stereocenters. The number of thioether (sulfide) groups is 1. The van der Waals surface area contributed by atoms with E-state index in [1.165, 1.54) is 28.5 Å². The van der Waals surface area contributed by atoms with E-state index >= 15 is 0 Å². The minimum atomic E-state index is 0.0199. The summed E-state index contributed by atoms with van der Waals surface area (Å²) in [6.07, 6.45) is 4.68. The van der Waals surface area contributed by atoms with Gasteiger partial charge in [-0.3, -0.25) is 4.79 Å². The Morgan fingerprint density at radius 1 is 1.10 bits per heavy atom. The molecule has 2 aromatic carbocycles. The van der Waals surface area contributed by atoms with E-state index in [2.05, 4.69) is 58.5 Å². The Hall–Kier alpha value is -2.86. The SMILES string of the molecule is C[C@H](CCc1ccccc1)NC(=O)CSc1nccc(N2CCc3ccccc3C2)n1. The predicted octanol–water partition coefficient (Wildman–Crippen LogP) is 4.27. The van der Waals surface area contributed by atoms with Gasteiger partial charge in [-0.15, -0.1) is 0 Å². The van der Waals surface area contributed by atoms with E-state index in [-0.39, 0.29) is 11.9 Å². The molecule has 160 valence electrons. The van der Waals surface area contributed by atoms with Gasteiger partial charge in [0.25, 0.3) is 0 Å². The number of nitrogens with zero attached hydrogens (tertiary/aromatic N) is 3. The van der Waals surface area contributed by atoms with Crippen LogP contribution in [0.25, 0.3) is 0 Å². The maximum Gasteiger partial charge on any atom is 0.230 e. The van der Waals surface area contributed by atoms with Crippen LogP contribution in [0.2, 0.25) is 0 Å². The van der Waals surface area contributed by atoms with Crippen LogP contribution < -0.4 is 10.2 Å². The minimum absolute atomic E-state index is 0.0199. The van der Waals surface area contributed by atoms with Crippen LogP contribution in [0.3, 0.4) is 0 Å². The Morgan fingerprint density at radius 2 is 1.87 bits per heavy atom. The van der Waals surface area contributed by atoms with Crippen molar-refractivity contribution in [3.05, 3.63) is 83.6 Å². The largest absolute Gasteiger partial charge is 0.353 e. The van der Waals surface area contributed by atoms with Crippen molar-refractivity contribution in [2.24, 2.45) is 0 Å². The minimum Gasteiger partial charge on any atom is -0.353 e. The van der Waals surface area contributed by atoms with Crippen molar-refractivity contribution in [2.45, 2.75) is 43.9 Å². The second kappa shape index (κ2) is 10.4.